The number of quaternary nitrogens is 1. The van der Waals surface area contributed by atoms with E-state index in [0.717, 1.165) is 42.8 Å². The molecule has 0 aromatic carbocycles. The summed E-state index contributed by atoms with van der Waals surface area (Å²) in [6, 6.07) is -1.09. The van der Waals surface area contributed by atoms with Crippen molar-refractivity contribution in [1.82, 2.24) is 20.6 Å². The van der Waals surface area contributed by atoms with Gasteiger partial charge in [0.15, 0.2) is 0 Å². The number of nitrogens with one attached hydrogen (secondary N) is 2. The molecule has 0 bridgehead atoms. The second-order valence-corrected chi connectivity index (χ2v) is 10.2. The molecule has 36 heavy (non-hydrogen) atoms. The fourth-order valence-corrected chi connectivity index (χ4v) is 5.61. The van der Waals surface area contributed by atoms with Gasteiger partial charge in [0.25, 0.3) is 0 Å². The standard InChI is InChI=1S/C24H33F3N6O3/c1-13(2)29-16-5-7-21(19(11-16)30-14(3)34)32-9-8-18(23(32)35)31-22-17-10-15(24(25,26)27)4-6-20(17)33(36)12-28-22/h4,6,10,12-13,16,18-21,29,31,36H,5,7-9,11H2,1-3H3,(H,30,34)/p+1. The molecule has 5 unspecified atom stereocenters. The third kappa shape index (κ3) is 5.65. The molecule has 0 spiro atoms. The van der Waals surface area contributed by atoms with E-state index in [-0.39, 0.29) is 41.3 Å². The molecule has 0 aromatic rings. The summed E-state index contributed by atoms with van der Waals surface area (Å²) in [5.74, 6) is -0.0552. The minimum atomic E-state index is -4.55. The molecular weight excluding hydrogens is 477 g/mol. The topological polar surface area (TPSA) is 114 Å². The predicted molar refractivity (Wildman–Crippen MR) is 126 cm³/mol. The van der Waals surface area contributed by atoms with Crippen molar-refractivity contribution in [2.45, 2.75) is 88.9 Å². The molecule has 1 saturated heterocycles. The van der Waals surface area contributed by atoms with Crippen molar-refractivity contribution in [2.24, 2.45) is 4.99 Å². The Balaban J connectivity index is 1.51. The number of allylic oxidation sites excluding steroid dienone is 2. The van der Waals surface area contributed by atoms with Gasteiger partial charge in [-0.05, 0) is 25.3 Å². The van der Waals surface area contributed by atoms with Crippen LogP contribution in [-0.4, -0.2) is 82.3 Å². The van der Waals surface area contributed by atoms with Crippen LogP contribution in [0.4, 0.5) is 13.2 Å². The molecule has 0 aromatic heterocycles. The summed E-state index contributed by atoms with van der Waals surface area (Å²) in [4.78, 5) is 31.2. The number of rotatable bonds is 6. The summed E-state index contributed by atoms with van der Waals surface area (Å²) in [5.41, 5.74) is -0.712. The SMILES string of the molecule is CC(=O)[NH2+]C1CC(NC(C)C)CCC1N1CCC(NC2=C3C=C(C(F)(F)F)C=CC3N(O)C=N2)C1=O. The Bertz CT molecular complexity index is 1010. The molecule has 1 saturated carbocycles. The Morgan fingerprint density at radius 3 is 2.69 bits per heavy atom. The maximum atomic E-state index is 13.4. The minimum Gasteiger partial charge on any atom is -0.358 e. The van der Waals surface area contributed by atoms with Crippen molar-refractivity contribution in [3.63, 3.8) is 0 Å². The first-order chi connectivity index (χ1) is 16.9. The van der Waals surface area contributed by atoms with Crippen LogP contribution in [-0.2, 0) is 9.59 Å². The van der Waals surface area contributed by atoms with E-state index in [1.54, 1.807) is 10.2 Å². The van der Waals surface area contributed by atoms with Crippen LogP contribution in [0.5, 0.6) is 0 Å². The van der Waals surface area contributed by atoms with Gasteiger partial charge in [-0.1, -0.05) is 26.0 Å². The molecule has 2 aliphatic carbocycles. The average molecular weight is 512 g/mol. The summed E-state index contributed by atoms with van der Waals surface area (Å²) < 4.78 is 39.9. The Morgan fingerprint density at radius 1 is 1.28 bits per heavy atom. The molecule has 5 atom stereocenters. The molecule has 4 rings (SSSR count). The first-order valence-corrected chi connectivity index (χ1v) is 12.3. The van der Waals surface area contributed by atoms with Gasteiger partial charge in [0.2, 0.25) is 5.91 Å². The summed E-state index contributed by atoms with van der Waals surface area (Å²) >= 11 is 0. The average Bonchev–Trinajstić information content (AvgIpc) is 3.14. The lowest BCUT2D eigenvalue weighted by Crippen LogP contribution is -2.96. The Hall–Kier alpha value is -2.70. The summed E-state index contributed by atoms with van der Waals surface area (Å²) in [6.45, 7) is 6.16. The fraction of sp³-hybridized carbons (Fsp3) is 0.625. The van der Waals surface area contributed by atoms with Gasteiger partial charge in [0, 0.05) is 30.6 Å². The third-order valence-corrected chi connectivity index (χ3v) is 7.11. The summed E-state index contributed by atoms with van der Waals surface area (Å²) in [5, 5.41) is 19.1. The van der Waals surface area contributed by atoms with E-state index in [4.69, 9.17) is 0 Å². The van der Waals surface area contributed by atoms with E-state index < -0.39 is 23.8 Å². The predicted octanol–water partition coefficient (Wildman–Crippen LogP) is 0.946. The molecule has 2 heterocycles. The monoisotopic (exact) mass is 511 g/mol. The van der Waals surface area contributed by atoms with Crippen molar-refractivity contribution in [3.8, 4) is 0 Å². The highest BCUT2D eigenvalue weighted by Crippen LogP contribution is 2.34. The number of hydrogen-bond acceptors (Lipinski definition) is 7. The van der Waals surface area contributed by atoms with Crippen molar-refractivity contribution in [3.05, 3.63) is 35.2 Å². The number of nitrogens with zero attached hydrogens (tertiary/aromatic N) is 3. The molecule has 2 amide bonds. The quantitative estimate of drug-likeness (QED) is 0.422. The lowest BCUT2D eigenvalue weighted by atomic mass is 9.85. The lowest BCUT2D eigenvalue weighted by Gasteiger charge is -2.39. The fourth-order valence-electron chi connectivity index (χ4n) is 5.61. The van der Waals surface area contributed by atoms with E-state index in [1.807, 2.05) is 0 Å². The first kappa shape index (κ1) is 26.4. The highest BCUT2D eigenvalue weighted by atomic mass is 19.4. The Kier molecular flexibility index (Phi) is 7.58. The van der Waals surface area contributed by atoms with Gasteiger partial charge in [-0.2, -0.15) is 13.2 Å². The molecule has 4 aliphatic rings. The second-order valence-electron chi connectivity index (χ2n) is 10.2. The Labute approximate surface area is 208 Å². The van der Waals surface area contributed by atoms with Crippen LogP contribution in [0.15, 0.2) is 40.2 Å². The van der Waals surface area contributed by atoms with Gasteiger partial charge >= 0.3 is 12.1 Å². The van der Waals surface area contributed by atoms with Crippen LogP contribution >= 0.6 is 0 Å². The van der Waals surface area contributed by atoms with E-state index in [9.17, 15) is 28.0 Å². The van der Waals surface area contributed by atoms with Crippen LogP contribution in [0.2, 0.25) is 0 Å². The van der Waals surface area contributed by atoms with Crippen LogP contribution in [0, 0.1) is 0 Å². The Morgan fingerprint density at radius 2 is 2.03 bits per heavy atom. The summed E-state index contributed by atoms with van der Waals surface area (Å²) in [7, 11) is 0. The molecule has 12 heteroatoms. The number of carbonyl (C=O) groups is 2. The maximum Gasteiger partial charge on any atom is 0.416 e. The second kappa shape index (κ2) is 10.3. The normalized spacial score (nSPS) is 30.7. The number of carbonyl (C=O) groups excluding carboxylic acids is 2. The van der Waals surface area contributed by atoms with Crippen LogP contribution in [0.1, 0.15) is 46.5 Å². The van der Waals surface area contributed by atoms with Crippen LogP contribution in [0.3, 0.4) is 0 Å². The highest BCUT2D eigenvalue weighted by Gasteiger charge is 2.45. The number of fused-ring (bicyclic) bond motifs is 1. The number of nitrogens with two attached hydrogens (primary N) is 1. The van der Waals surface area contributed by atoms with Gasteiger partial charge in [-0.3, -0.25) is 15.3 Å². The molecule has 9 nitrogen and oxygen atoms in total. The molecular formula is C24H34F3N6O3+. The molecule has 5 N–H and O–H groups in total. The number of aliphatic imine (C=N–C) groups is 1. The van der Waals surface area contributed by atoms with E-state index in [0.29, 0.717) is 19.0 Å². The maximum absolute atomic E-state index is 13.4. The van der Waals surface area contributed by atoms with E-state index in [2.05, 4.69) is 29.5 Å². The third-order valence-electron chi connectivity index (χ3n) is 7.11. The van der Waals surface area contributed by atoms with E-state index in [1.165, 1.54) is 13.0 Å². The first-order valence-electron chi connectivity index (χ1n) is 12.3. The molecule has 2 fully saturated rings. The van der Waals surface area contributed by atoms with Crippen molar-refractivity contribution >= 4 is 18.2 Å². The zero-order chi connectivity index (χ0) is 26.2. The van der Waals surface area contributed by atoms with E-state index >= 15 is 0 Å². The number of hydroxylamine groups is 2. The number of hydrogen-bond donors (Lipinski definition) is 4. The van der Waals surface area contributed by atoms with Crippen molar-refractivity contribution in [1.29, 1.82) is 0 Å². The van der Waals surface area contributed by atoms with Gasteiger partial charge in [-0.15, -0.1) is 0 Å². The van der Waals surface area contributed by atoms with Gasteiger partial charge < -0.3 is 15.5 Å². The number of primary amides is 1. The minimum absolute atomic E-state index is 0.0303. The van der Waals surface area contributed by atoms with Gasteiger partial charge in [0.05, 0.1) is 18.5 Å². The number of likely N-dealkylation sites (tertiary alicyclic amines) is 1. The molecule has 2 aliphatic heterocycles. The van der Waals surface area contributed by atoms with Gasteiger partial charge in [-0.25, -0.2) is 14.9 Å². The van der Waals surface area contributed by atoms with Crippen molar-refractivity contribution < 1.29 is 33.3 Å². The zero-order valence-electron chi connectivity index (χ0n) is 20.6. The lowest BCUT2D eigenvalue weighted by molar-refractivity contribution is -0.613. The zero-order valence-corrected chi connectivity index (χ0v) is 20.6. The van der Waals surface area contributed by atoms with Gasteiger partial charge in [0.1, 0.15) is 30.3 Å². The highest BCUT2D eigenvalue weighted by molar-refractivity contribution is 5.85. The molecule has 0 radical (unpaired) electrons. The number of halogens is 3. The number of amides is 2. The molecule has 198 valence electrons. The largest absolute Gasteiger partial charge is 0.416 e. The van der Waals surface area contributed by atoms with Crippen LogP contribution < -0.4 is 16.0 Å². The van der Waals surface area contributed by atoms with Crippen LogP contribution in [0.25, 0.3) is 0 Å². The smallest absolute Gasteiger partial charge is 0.358 e. The summed E-state index contributed by atoms with van der Waals surface area (Å²) in [6.07, 6.45) is 2.55. The van der Waals surface area contributed by atoms with Crippen molar-refractivity contribution in [2.75, 3.05) is 6.54 Å². The number of alkyl halides is 3.